The quantitative estimate of drug-likeness (QED) is 0.537. The van der Waals surface area contributed by atoms with E-state index in [9.17, 15) is 0 Å². The topological polar surface area (TPSA) is 13.1 Å². The van der Waals surface area contributed by atoms with Gasteiger partial charge in [-0.2, -0.15) is 0 Å². The summed E-state index contributed by atoms with van der Waals surface area (Å²) < 4.78 is 5.09. The molecule has 0 aliphatic carbocycles. The van der Waals surface area contributed by atoms with Crippen molar-refractivity contribution < 1.29 is 4.42 Å². The molecule has 0 saturated carbocycles. The lowest BCUT2D eigenvalue weighted by Gasteiger charge is -1.99. The maximum Gasteiger partial charge on any atom is 0.105 e. The summed E-state index contributed by atoms with van der Waals surface area (Å²) >= 11 is 0. The molecule has 1 aromatic heterocycles. The average molecular weight is 134 g/mol. The molecular formula is C9H10O. The molecule has 1 nitrogen and oxygen atoms in total. The fourth-order valence-electron chi connectivity index (χ4n) is 0.934. The summed E-state index contributed by atoms with van der Waals surface area (Å²) in [6.07, 6.45) is 6.91. The number of hydrogen-bond acceptors (Lipinski definition) is 1. The Morgan fingerprint density at radius 3 is 2.80 bits per heavy atom. The molecule has 0 aliphatic heterocycles. The summed E-state index contributed by atoms with van der Waals surface area (Å²) in [4.78, 5) is 0. The van der Waals surface area contributed by atoms with Gasteiger partial charge in [0, 0.05) is 11.5 Å². The Kier molecular flexibility index (Phi) is 1.82. The molecule has 0 radical (unpaired) electrons. The molecule has 0 saturated heterocycles. The zero-order valence-electron chi connectivity index (χ0n) is 6.22. The minimum atomic E-state index is 0.166. The van der Waals surface area contributed by atoms with Crippen molar-refractivity contribution in [2.24, 2.45) is 0 Å². The molecule has 1 unspecified atom stereocenters. The van der Waals surface area contributed by atoms with Gasteiger partial charge in [-0.15, -0.1) is 6.42 Å². The highest BCUT2D eigenvalue weighted by atomic mass is 16.3. The van der Waals surface area contributed by atoms with Gasteiger partial charge in [-0.3, -0.25) is 0 Å². The minimum absolute atomic E-state index is 0.166. The van der Waals surface area contributed by atoms with E-state index in [0.717, 1.165) is 11.3 Å². The van der Waals surface area contributed by atoms with Gasteiger partial charge in [0.15, 0.2) is 0 Å². The third-order valence-electron chi connectivity index (χ3n) is 1.62. The summed E-state index contributed by atoms with van der Waals surface area (Å²) in [7, 11) is 0. The number of hydrogen-bond donors (Lipinski definition) is 0. The molecular weight excluding hydrogens is 124 g/mol. The van der Waals surface area contributed by atoms with E-state index >= 15 is 0 Å². The normalized spacial score (nSPS) is 12.5. The molecule has 0 N–H and O–H groups in total. The van der Waals surface area contributed by atoms with Crippen LogP contribution in [0.15, 0.2) is 16.7 Å². The third-order valence-corrected chi connectivity index (χ3v) is 1.62. The van der Waals surface area contributed by atoms with Gasteiger partial charge in [0.1, 0.15) is 5.76 Å². The molecule has 52 valence electrons. The summed E-state index contributed by atoms with van der Waals surface area (Å²) in [5, 5.41) is 0. The highest BCUT2D eigenvalue weighted by molar-refractivity contribution is 5.26. The molecule has 0 bridgehead atoms. The van der Waals surface area contributed by atoms with E-state index in [1.165, 1.54) is 0 Å². The van der Waals surface area contributed by atoms with Crippen molar-refractivity contribution >= 4 is 0 Å². The van der Waals surface area contributed by atoms with Gasteiger partial charge >= 0.3 is 0 Å². The van der Waals surface area contributed by atoms with E-state index in [1.54, 1.807) is 6.26 Å². The lowest BCUT2D eigenvalue weighted by Crippen LogP contribution is -1.87. The van der Waals surface area contributed by atoms with Gasteiger partial charge in [0.05, 0.1) is 6.26 Å². The molecule has 1 heterocycles. The van der Waals surface area contributed by atoms with Crippen molar-refractivity contribution in [1.82, 2.24) is 0 Å². The largest absolute Gasteiger partial charge is 0.469 e. The van der Waals surface area contributed by atoms with Crippen LogP contribution >= 0.6 is 0 Å². The Morgan fingerprint density at radius 1 is 1.70 bits per heavy atom. The molecule has 10 heavy (non-hydrogen) atoms. The SMILES string of the molecule is C#CC(C)c1ccoc1C. The number of furan rings is 1. The maximum atomic E-state index is 5.24. The fraction of sp³-hybridized carbons (Fsp3) is 0.333. The molecule has 0 aliphatic rings. The zero-order chi connectivity index (χ0) is 7.56. The van der Waals surface area contributed by atoms with E-state index in [-0.39, 0.29) is 5.92 Å². The van der Waals surface area contributed by atoms with Crippen LogP contribution in [0.3, 0.4) is 0 Å². The molecule has 1 rings (SSSR count). The van der Waals surface area contributed by atoms with Crippen molar-refractivity contribution in [2.75, 3.05) is 0 Å². The lowest BCUT2D eigenvalue weighted by molar-refractivity contribution is 0.529. The number of rotatable bonds is 1. The Bertz CT molecular complexity index is 252. The van der Waals surface area contributed by atoms with E-state index in [2.05, 4.69) is 5.92 Å². The van der Waals surface area contributed by atoms with Crippen molar-refractivity contribution in [1.29, 1.82) is 0 Å². The Hall–Kier alpha value is -1.16. The second-order valence-corrected chi connectivity index (χ2v) is 2.32. The lowest BCUT2D eigenvalue weighted by atomic mass is 10.0. The maximum absolute atomic E-state index is 5.24. The first-order valence-electron chi connectivity index (χ1n) is 3.26. The summed E-state index contributed by atoms with van der Waals surface area (Å²) in [6.45, 7) is 3.90. The molecule has 1 aromatic rings. The van der Waals surface area contributed by atoms with Crippen LogP contribution in [0.4, 0.5) is 0 Å². The highest BCUT2D eigenvalue weighted by Gasteiger charge is 2.06. The highest BCUT2D eigenvalue weighted by Crippen LogP contribution is 2.18. The molecule has 1 atom stereocenters. The smallest absolute Gasteiger partial charge is 0.105 e. The van der Waals surface area contributed by atoms with E-state index in [4.69, 9.17) is 10.8 Å². The summed E-state index contributed by atoms with van der Waals surface area (Å²) in [5.74, 6) is 3.74. The first kappa shape index (κ1) is 6.95. The first-order chi connectivity index (χ1) is 4.75. The molecule has 0 aromatic carbocycles. The van der Waals surface area contributed by atoms with Crippen LogP contribution in [-0.4, -0.2) is 0 Å². The summed E-state index contributed by atoms with van der Waals surface area (Å²) in [6, 6.07) is 1.92. The predicted molar refractivity (Wildman–Crippen MR) is 40.7 cm³/mol. The van der Waals surface area contributed by atoms with Gasteiger partial charge < -0.3 is 4.42 Å². The van der Waals surface area contributed by atoms with Crippen LogP contribution in [0, 0.1) is 19.3 Å². The third kappa shape index (κ3) is 1.06. The fourth-order valence-corrected chi connectivity index (χ4v) is 0.934. The molecule has 0 spiro atoms. The summed E-state index contributed by atoms with van der Waals surface area (Å²) in [5.41, 5.74) is 1.11. The molecule has 0 fully saturated rings. The Labute approximate surface area is 61.0 Å². The number of aryl methyl sites for hydroxylation is 1. The average Bonchev–Trinajstić information content (AvgIpc) is 2.34. The first-order valence-corrected chi connectivity index (χ1v) is 3.26. The van der Waals surface area contributed by atoms with Crippen LogP contribution in [0.25, 0.3) is 0 Å². The van der Waals surface area contributed by atoms with Crippen molar-refractivity contribution in [3.8, 4) is 12.3 Å². The van der Waals surface area contributed by atoms with Crippen LogP contribution in [0.5, 0.6) is 0 Å². The van der Waals surface area contributed by atoms with E-state index < -0.39 is 0 Å². The number of terminal acetylenes is 1. The molecule has 1 heteroatoms. The molecule has 0 amide bonds. The van der Waals surface area contributed by atoms with Crippen molar-refractivity contribution in [3.05, 3.63) is 23.7 Å². The van der Waals surface area contributed by atoms with Gasteiger partial charge in [0.2, 0.25) is 0 Å². The minimum Gasteiger partial charge on any atom is -0.469 e. The van der Waals surface area contributed by atoms with Crippen molar-refractivity contribution in [2.45, 2.75) is 19.8 Å². The van der Waals surface area contributed by atoms with Crippen LogP contribution in [0.1, 0.15) is 24.2 Å². The zero-order valence-corrected chi connectivity index (χ0v) is 6.22. The van der Waals surface area contributed by atoms with Gasteiger partial charge in [-0.25, -0.2) is 0 Å². The van der Waals surface area contributed by atoms with Crippen molar-refractivity contribution in [3.63, 3.8) is 0 Å². The second-order valence-electron chi connectivity index (χ2n) is 2.32. The standard InChI is InChI=1S/C9H10O/c1-4-7(2)9-5-6-10-8(9)3/h1,5-7H,2-3H3. The second kappa shape index (κ2) is 2.62. The van der Waals surface area contributed by atoms with Crippen LogP contribution in [-0.2, 0) is 0 Å². The van der Waals surface area contributed by atoms with Gasteiger partial charge in [0.25, 0.3) is 0 Å². The van der Waals surface area contributed by atoms with Gasteiger partial charge in [-0.1, -0.05) is 5.92 Å². The van der Waals surface area contributed by atoms with Crippen LogP contribution in [0.2, 0.25) is 0 Å². The Balaban J connectivity index is 2.96. The monoisotopic (exact) mass is 134 g/mol. The van der Waals surface area contributed by atoms with E-state index in [0.29, 0.717) is 0 Å². The van der Waals surface area contributed by atoms with E-state index in [1.807, 2.05) is 19.9 Å². The van der Waals surface area contributed by atoms with Crippen LogP contribution < -0.4 is 0 Å². The predicted octanol–water partition coefficient (Wildman–Crippen LogP) is 2.32. The Morgan fingerprint density at radius 2 is 2.40 bits per heavy atom. The van der Waals surface area contributed by atoms with Gasteiger partial charge in [-0.05, 0) is 19.9 Å².